The zero-order valence-corrected chi connectivity index (χ0v) is 11.3. The second kappa shape index (κ2) is 4.23. The Labute approximate surface area is 122 Å². The fourth-order valence-corrected chi connectivity index (χ4v) is 2.96. The van der Waals surface area contributed by atoms with E-state index in [4.69, 9.17) is 23.2 Å². The van der Waals surface area contributed by atoms with E-state index in [0.717, 1.165) is 0 Å². The highest BCUT2D eigenvalue weighted by Gasteiger charge is 2.35. The van der Waals surface area contributed by atoms with Gasteiger partial charge in [-0.2, -0.15) is 0 Å². The molecule has 0 aliphatic heterocycles. The molecule has 0 atom stereocenters. The Hall–Kier alpha value is -2.04. The number of aliphatic hydroxyl groups is 2. The van der Waals surface area contributed by atoms with Gasteiger partial charge in [-0.15, -0.1) is 0 Å². The van der Waals surface area contributed by atoms with Gasteiger partial charge in [-0.05, 0) is 17.5 Å². The number of halogens is 2. The van der Waals surface area contributed by atoms with Crippen molar-refractivity contribution in [3.63, 3.8) is 0 Å². The highest BCUT2D eigenvalue weighted by atomic mass is 35.5. The van der Waals surface area contributed by atoms with E-state index in [9.17, 15) is 19.8 Å². The summed E-state index contributed by atoms with van der Waals surface area (Å²) in [5.41, 5.74) is -0.126. The first-order chi connectivity index (χ1) is 9.43. The summed E-state index contributed by atoms with van der Waals surface area (Å²) < 4.78 is 0. The summed E-state index contributed by atoms with van der Waals surface area (Å²) in [7, 11) is 0. The molecule has 100 valence electrons. The lowest BCUT2D eigenvalue weighted by molar-refractivity contribution is -0.114. The van der Waals surface area contributed by atoms with Crippen LogP contribution in [0.3, 0.4) is 0 Å². The van der Waals surface area contributed by atoms with E-state index < -0.39 is 23.1 Å². The van der Waals surface area contributed by atoms with Crippen LogP contribution in [0.5, 0.6) is 0 Å². The number of fused-ring (bicyclic) bond motifs is 2. The summed E-state index contributed by atoms with van der Waals surface area (Å²) in [5, 5.41) is 20.7. The second-order valence-electron chi connectivity index (χ2n) is 4.31. The number of aliphatic hydroxyl groups excluding tert-OH is 2. The third-order valence-electron chi connectivity index (χ3n) is 3.18. The zero-order chi connectivity index (χ0) is 14.6. The van der Waals surface area contributed by atoms with E-state index in [2.05, 4.69) is 0 Å². The van der Waals surface area contributed by atoms with Crippen LogP contribution < -0.4 is 0 Å². The molecule has 0 amide bonds. The molecule has 0 fully saturated rings. The Morgan fingerprint density at radius 3 is 2.35 bits per heavy atom. The molecule has 0 unspecified atom stereocenters. The van der Waals surface area contributed by atoms with Gasteiger partial charge in [0, 0.05) is 16.0 Å². The Morgan fingerprint density at radius 1 is 0.950 bits per heavy atom. The number of Topliss-reactive ketones (excluding diaryl/α,β-unsaturated/α-hetero) is 2. The zero-order valence-electron chi connectivity index (χ0n) is 9.78. The summed E-state index contributed by atoms with van der Waals surface area (Å²) in [6.45, 7) is 0. The van der Waals surface area contributed by atoms with E-state index in [-0.39, 0.29) is 16.1 Å². The average Bonchev–Trinajstić information content (AvgIpc) is 2.42. The molecule has 0 saturated carbocycles. The van der Waals surface area contributed by atoms with Crippen molar-refractivity contribution in [3.05, 3.63) is 51.2 Å². The van der Waals surface area contributed by atoms with Crippen molar-refractivity contribution in [2.45, 2.75) is 0 Å². The lowest BCUT2D eigenvalue weighted by Crippen LogP contribution is -2.24. The number of rotatable bonds is 0. The minimum absolute atomic E-state index is 0.0213. The molecule has 6 heteroatoms. The van der Waals surface area contributed by atoms with Gasteiger partial charge in [0.2, 0.25) is 11.5 Å². The number of carbonyl (C=O) groups is 2. The maximum atomic E-state index is 11.9. The monoisotopic (exact) mass is 308 g/mol. The molecule has 0 aromatic heterocycles. The van der Waals surface area contributed by atoms with Crippen LogP contribution in [-0.4, -0.2) is 21.8 Å². The lowest BCUT2D eigenvalue weighted by atomic mass is 9.90. The highest BCUT2D eigenvalue weighted by Crippen LogP contribution is 2.40. The largest absolute Gasteiger partial charge is 0.504 e. The Kier molecular flexibility index (Phi) is 2.74. The van der Waals surface area contributed by atoms with Crippen molar-refractivity contribution in [1.29, 1.82) is 0 Å². The van der Waals surface area contributed by atoms with Gasteiger partial charge in [-0.3, -0.25) is 9.59 Å². The maximum absolute atomic E-state index is 11.9. The van der Waals surface area contributed by atoms with Crippen molar-refractivity contribution in [1.82, 2.24) is 0 Å². The van der Waals surface area contributed by atoms with E-state index in [1.54, 1.807) is 18.2 Å². The van der Waals surface area contributed by atoms with Crippen LogP contribution in [0.2, 0.25) is 10.0 Å². The van der Waals surface area contributed by atoms with Crippen molar-refractivity contribution < 1.29 is 19.8 Å². The van der Waals surface area contributed by atoms with Gasteiger partial charge < -0.3 is 10.2 Å². The molecule has 1 aliphatic carbocycles. The molecule has 0 radical (unpaired) electrons. The van der Waals surface area contributed by atoms with Crippen molar-refractivity contribution in [2.24, 2.45) is 0 Å². The average molecular weight is 309 g/mol. The van der Waals surface area contributed by atoms with Crippen molar-refractivity contribution in [3.8, 4) is 0 Å². The molecule has 2 aromatic rings. The molecule has 1 aliphatic rings. The predicted molar refractivity (Wildman–Crippen MR) is 75.5 cm³/mol. The van der Waals surface area contributed by atoms with Gasteiger partial charge in [-0.25, -0.2) is 0 Å². The van der Waals surface area contributed by atoms with Gasteiger partial charge in [0.25, 0.3) is 5.78 Å². The minimum Gasteiger partial charge on any atom is -0.504 e. The first kappa shape index (κ1) is 13.0. The normalized spacial score (nSPS) is 14.9. The molecule has 0 spiro atoms. The molecule has 0 heterocycles. The molecule has 4 nitrogen and oxygen atoms in total. The van der Waals surface area contributed by atoms with E-state index in [1.807, 2.05) is 0 Å². The second-order valence-corrected chi connectivity index (χ2v) is 5.09. The smallest absolute Gasteiger partial charge is 0.271 e. The molecular weight excluding hydrogens is 303 g/mol. The number of benzene rings is 2. The van der Waals surface area contributed by atoms with Gasteiger partial charge >= 0.3 is 0 Å². The van der Waals surface area contributed by atoms with Gasteiger partial charge in [0.05, 0.1) is 10.6 Å². The molecule has 0 saturated heterocycles. The SMILES string of the molecule is O=C1C(=O)c2cc3cccc(Cl)c3c(Cl)c2C(O)=C1O. The molecular formula is C14H6Cl2O4. The van der Waals surface area contributed by atoms with E-state index >= 15 is 0 Å². The summed E-state index contributed by atoms with van der Waals surface area (Å²) in [5.74, 6) is -3.79. The topological polar surface area (TPSA) is 74.6 Å². The minimum atomic E-state index is -1.16. The van der Waals surface area contributed by atoms with E-state index in [1.165, 1.54) is 6.07 Å². The molecule has 2 aromatic carbocycles. The molecule has 2 N–H and O–H groups in total. The van der Waals surface area contributed by atoms with Crippen LogP contribution in [0.15, 0.2) is 30.0 Å². The van der Waals surface area contributed by atoms with Crippen LogP contribution in [0, 0.1) is 0 Å². The predicted octanol–water partition coefficient (Wildman–Crippen LogP) is 3.70. The van der Waals surface area contributed by atoms with Gasteiger partial charge in [0.1, 0.15) is 0 Å². The highest BCUT2D eigenvalue weighted by molar-refractivity contribution is 6.53. The van der Waals surface area contributed by atoms with Crippen LogP contribution in [0.1, 0.15) is 15.9 Å². The number of hydrogen-bond donors (Lipinski definition) is 2. The standard InChI is InChI=1S/C14H6Cl2O4/c15-7-3-1-2-5-4-6-9(10(16)8(5)7)12(18)14(20)13(19)11(6)17/h1-4,18,20H. The van der Waals surface area contributed by atoms with Crippen molar-refractivity contribution >= 4 is 51.3 Å². The number of allylic oxidation sites excluding steroid dienone is 1. The fraction of sp³-hybridized carbons (Fsp3) is 0. The molecule has 20 heavy (non-hydrogen) atoms. The first-order valence-electron chi connectivity index (χ1n) is 5.55. The van der Waals surface area contributed by atoms with Crippen LogP contribution in [-0.2, 0) is 4.79 Å². The fourth-order valence-electron chi connectivity index (χ4n) is 2.23. The number of hydrogen-bond acceptors (Lipinski definition) is 4. The number of carbonyl (C=O) groups excluding carboxylic acids is 2. The van der Waals surface area contributed by atoms with Crippen molar-refractivity contribution in [2.75, 3.05) is 0 Å². The lowest BCUT2D eigenvalue weighted by Gasteiger charge is -2.17. The van der Waals surface area contributed by atoms with Gasteiger partial charge in [0.15, 0.2) is 5.76 Å². The van der Waals surface area contributed by atoms with Gasteiger partial charge in [-0.1, -0.05) is 35.3 Å². The third-order valence-corrected chi connectivity index (χ3v) is 3.87. The summed E-state index contributed by atoms with van der Waals surface area (Å²) in [6.07, 6.45) is 0. The Morgan fingerprint density at radius 2 is 1.65 bits per heavy atom. The quantitative estimate of drug-likeness (QED) is 0.728. The third kappa shape index (κ3) is 1.55. The Balaban J connectivity index is 2.53. The van der Waals surface area contributed by atoms with Crippen LogP contribution in [0.25, 0.3) is 16.5 Å². The van der Waals surface area contributed by atoms with E-state index in [0.29, 0.717) is 15.8 Å². The molecule has 0 bridgehead atoms. The summed E-state index contributed by atoms with van der Waals surface area (Å²) >= 11 is 12.2. The van der Waals surface area contributed by atoms with Crippen LogP contribution in [0.4, 0.5) is 0 Å². The first-order valence-corrected chi connectivity index (χ1v) is 6.31. The van der Waals surface area contributed by atoms with Crippen LogP contribution >= 0.6 is 23.2 Å². The number of ketones is 2. The maximum Gasteiger partial charge on any atom is 0.271 e. The Bertz CT molecular complexity index is 837. The summed E-state index contributed by atoms with van der Waals surface area (Å²) in [4.78, 5) is 23.4. The summed E-state index contributed by atoms with van der Waals surface area (Å²) in [6, 6.07) is 6.39. The molecule has 3 rings (SSSR count).